The lowest BCUT2D eigenvalue weighted by atomic mass is 10.1. The van der Waals surface area contributed by atoms with Gasteiger partial charge in [-0.15, -0.1) is 0 Å². The highest BCUT2D eigenvalue weighted by Crippen LogP contribution is 2.17. The van der Waals surface area contributed by atoms with Crippen molar-refractivity contribution in [2.24, 2.45) is 7.05 Å². The second-order valence-corrected chi connectivity index (χ2v) is 8.47. The molecule has 0 radical (unpaired) electrons. The van der Waals surface area contributed by atoms with Crippen molar-refractivity contribution in [2.45, 2.75) is 26.9 Å². The van der Waals surface area contributed by atoms with E-state index in [2.05, 4.69) is 38.8 Å². The van der Waals surface area contributed by atoms with Gasteiger partial charge in [-0.3, -0.25) is 19.3 Å². The van der Waals surface area contributed by atoms with E-state index in [1.165, 1.54) is 11.3 Å². The lowest BCUT2D eigenvalue weighted by Gasteiger charge is -2.34. The molecule has 3 aromatic heterocycles. The molecule has 0 unspecified atom stereocenters. The first-order valence-corrected chi connectivity index (χ1v) is 11.0. The zero-order valence-corrected chi connectivity index (χ0v) is 18.7. The Morgan fingerprint density at radius 1 is 1.00 bits per heavy atom. The SMILES string of the molecule is Cc1nn(C)c(C)c1CN1CCN(Cc2nc3c(cnn3-c3ccccc3)c(=O)[nH]2)CC1. The molecule has 9 heteroatoms. The minimum Gasteiger partial charge on any atom is -0.309 e. The number of aryl methyl sites for hydroxylation is 2. The van der Waals surface area contributed by atoms with Crippen LogP contribution in [-0.2, 0) is 20.1 Å². The number of nitrogens with one attached hydrogen (secondary N) is 1. The Morgan fingerprint density at radius 2 is 1.69 bits per heavy atom. The Balaban J connectivity index is 1.29. The van der Waals surface area contributed by atoms with E-state index in [1.807, 2.05) is 42.1 Å². The first-order valence-electron chi connectivity index (χ1n) is 11.0. The maximum absolute atomic E-state index is 12.6. The second kappa shape index (κ2) is 8.33. The van der Waals surface area contributed by atoms with Crippen LogP contribution in [0.15, 0.2) is 41.3 Å². The Kier molecular flexibility index (Phi) is 5.36. The summed E-state index contributed by atoms with van der Waals surface area (Å²) in [5.41, 5.74) is 5.00. The van der Waals surface area contributed by atoms with E-state index >= 15 is 0 Å². The van der Waals surface area contributed by atoms with Gasteiger partial charge in [-0.25, -0.2) is 9.67 Å². The molecule has 4 aromatic rings. The summed E-state index contributed by atoms with van der Waals surface area (Å²) < 4.78 is 3.68. The third kappa shape index (κ3) is 3.85. The van der Waals surface area contributed by atoms with Gasteiger partial charge >= 0.3 is 0 Å². The number of piperazine rings is 1. The molecule has 0 amide bonds. The van der Waals surface area contributed by atoms with Crippen LogP contribution in [0, 0.1) is 13.8 Å². The molecule has 5 rings (SSSR count). The van der Waals surface area contributed by atoms with Gasteiger partial charge in [-0.2, -0.15) is 10.2 Å². The molecule has 1 aromatic carbocycles. The van der Waals surface area contributed by atoms with E-state index in [0.717, 1.165) is 44.1 Å². The van der Waals surface area contributed by atoms with Crippen molar-refractivity contribution < 1.29 is 0 Å². The maximum atomic E-state index is 12.6. The predicted molar refractivity (Wildman–Crippen MR) is 123 cm³/mol. The molecule has 0 aliphatic carbocycles. The molecule has 1 aliphatic rings. The average molecular weight is 433 g/mol. The minimum absolute atomic E-state index is 0.145. The van der Waals surface area contributed by atoms with E-state index in [9.17, 15) is 4.79 Å². The Hall–Kier alpha value is -3.30. The van der Waals surface area contributed by atoms with E-state index in [0.29, 0.717) is 23.4 Å². The highest BCUT2D eigenvalue weighted by atomic mass is 16.1. The quantitative estimate of drug-likeness (QED) is 0.517. The average Bonchev–Trinajstić information content (AvgIpc) is 3.32. The van der Waals surface area contributed by atoms with Crippen molar-refractivity contribution >= 4 is 11.0 Å². The molecule has 0 spiro atoms. The number of hydrogen-bond acceptors (Lipinski definition) is 6. The highest BCUT2D eigenvalue weighted by Gasteiger charge is 2.21. The predicted octanol–water partition coefficient (Wildman–Crippen LogP) is 1.78. The first kappa shape index (κ1) is 20.6. The van der Waals surface area contributed by atoms with Gasteiger partial charge in [0.1, 0.15) is 11.2 Å². The zero-order valence-electron chi connectivity index (χ0n) is 18.7. The third-order valence-corrected chi connectivity index (χ3v) is 6.37. The number of aromatic amines is 1. The first-order chi connectivity index (χ1) is 15.5. The number of hydrogen-bond donors (Lipinski definition) is 1. The largest absolute Gasteiger partial charge is 0.309 e. The van der Waals surface area contributed by atoms with Gasteiger partial charge in [0.25, 0.3) is 5.56 Å². The number of H-pyrrole nitrogens is 1. The van der Waals surface area contributed by atoms with Crippen LogP contribution in [-0.4, -0.2) is 65.5 Å². The van der Waals surface area contributed by atoms with Crippen LogP contribution in [0.3, 0.4) is 0 Å². The van der Waals surface area contributed by atoms with E-state index in [1.54, 1.807) is 10.9 Å². The zero-order chi connectivity index (χ0) is 22.2. The van der Waals surface area contributed by atoms with Crippen molar-refractivity contribution in [1.82, 2.24) is 39.3 Å². The van der Waals surface area contributed by atoms with Crippen molar-refractivity contribution in [3.63, 3.8) is 0 Å². The molecule has 1 fully saturated rings. The number of fused-ring (bicyclic) bond motifs is 1. The van der Waals surface area contributed by atoms with Crippen molar-refractivity contribution in [1.29, 1.82) is 0 Å². The highest BCUT2D eigenvalue weighted by molar-refractivity contribution is 5.75. The van der Waals surface area contributed by atoms with Crippen LogP contribution >= 0.6 is 0 Å². The molecular formula is C23H28N8O. The van der Waals surface area contributed by atoms with Gasteiger partial charge in [0.05, 0.1) is 24.1 Å². The fraction of sp³-hybridized carbons (Fsp3) is 0.391. The van der Waals surface area contributed by atoms with Gasteiger partial charge in [0, 0.05) is 51.0 Å². The van der Waals surface area contributed by atoms with Crippen LogP contribution < -0.4 is 5.56 Å². The fourth-order valence-electron chi connectivity index (χ4n) is 4.38. The molecule has 9 nitrogen and oxygen atoms in total. The molecule has 1 aliphatic heterocycles. The lowest BCUT2D eigenvalue weighted by molar-refractivity contribution is 0.119. The maximum Gasteiger partial charge on any atom is 0.262 e. The Labute approximate surface area is 186 Å². The topological polar surface area (TPSA) is 87.9 Å². The van der Waals surface area contributed by atoms with Crippen LogP contribution in [0.5, 0.6) is 0 Å². The summed E-state index contributed by atoms with van der Waals surface area (Å²) in [4.78, 5) is 25.1. The van der Waals surface area contributed by atoms with Gasteiger partial charge in [0.15, 0.2) is 5.65 Å². The molecule has 1 saturated heterocycles. The van der Waals surface area contributed by atoms with Crippen LogP contribution in [0.2, 0.25) is 0 Å². The van der Waals surface area contributed by atoms with Gasteiger partial charge in [-0.1, -0.05) is 18.2 Å². The summed E-state index contributed by atoms with van der Waals surface area (Å²) in [6.07, 6.45) is 1.58. The molecule has 0 bridgehead atoms. The van der Waals surface area contributed by atoms with Crippen LogP contribution in [0.1, 0.15) is 22.8 Å². The van der Waals surface area contributed by atoms with Gasteiger partial charge in [0.2, 0.25) is 0 Å². The third-order valence-electron chi connectivity index (χ3n) is 6.37. The fourth-order valence-corrected chi connectivity index (χ4v) is 4.38. The number of aromatic nitrogens is 6. The lowest BCUT2D eigenvalue weighted by Crippen LogP contribution is -2.45. The molecule has 32 heavy (non-hydrogen) atoms. The second-order valence-electron chi connectivity index (χ2n) is 8.47. The van der Waals surface area contributed by atoms with Gasteiger partial charge in [-0.05, 0) is 26.0 Å². The summed E-state index contributed by atoms with van der Waals surface area (Å²) in [6.45, 7) is 9.56. The summed E-state index contributed by atoms with van der Waals surface area (Å²) >= 11 is 0. The standard InChI is InChI=1S/C23H28N8O/c1-16-20(17(2)28(3)27-16)14-29-9-11-30(12-10-29)15-21-25-22-19(23(32)26-21)13-24-31(22)18-7-5-4-6-8-18/h4-8,13H,9-12,14-15H2,1-3H3,(H,25,26,32). The Morgan fingerprint density at radius 3 is 2.34 bits per heavy atom. The smallest absolute Gasteiger partial charge is 0.262 e. The minimum atomic E-state index is -0.145. The van der Waals surface area contributed by atoms with E-state index in [-0.39, 0.29) is 5.56 Å². The number of rotatable bonds is 5. The normalized spacial score (nSPS) is 15.6. The number of nitrogens with zero attached hydrogens (tertiary/aromatic N) is 7. The Bertz CT molecular complexity index is 1300. The van der Waals surface area contributed by atoms with Crippen LogP contribution in [0.25, 0.3) is 16.7 Å². The van der Waals surface area contributed by atoms with E-state index in [4.69, 9.17) is 4.98 Å². The monoisotopic (exact) mass is 432 g/mol. The molecule has 0 saturated carbocycles. The van der Waals surface area contributed by atoms with E-state index < -0.39 is 0 Å². The molecule has 166 valence electrons. The van der Waals surface area contributed by atoms with Gasteiger partial charge < -0.3 is 4.98 Å². The summed E-state index contributed by atoms with van der Waals surface area (Å²) in [5.74, 6) is 0.674. The van der Waals surface area contributed by atoms with Crippen molar-refractivity contribution in [3.05, 3.63) is 69.7 Å². The van der Waals surface area contributed by atoms with Crippen molar-refractivity contribution in [2.75, 3.05) is 26.2 Å². The number of benzene rings is 1. The summed E-state index contributed by atoms with van der Waals surface area (Å²) in [6, 6.07) is 9.77. The van der Waals surface area contributed by atoms with Crippen LogP contribution in [0.4, 0.5) is 0 Å². The molecular weight excluding hydrogens is 404 g/mol. The summed E-state index contributed by atoms with van der Waals surface area (Å²) in [5, 5.41) is 9.43. The van der Waals surface area contributed by atoms with Crippen molar-refractivity contribution in [3.8, 4) is 5.69 Å². The summed E-state index contributed by atoms with van der Waals surface area (Å²) in [7, 11) is 2.00. The molecule has 1 N–H and O–H groups in total. The molecule has 4 heterocycles. The number of para-hydroxylation sites is 1. The molecule has 0 atom stereocenters.